The van der Waals surface area contributed by atoms with Crippen LogP contribution < -0.4 is 16.0 Å². The lowest BCUT2D eigenvalue weighted by Crippen LogP contribution is -2.12. The summed E-state index contributed by atoms with van der Waals surface area (Å²) in [4.78, 5) is 21.5. The van der Waals surface area contributed by atoms with Gasteiger partial charge in [0, 0.05) is 33.3 Å². The number of aromatic nitrogens is 2. The van der Waals surface area contributed by atoms with E-state index in [0.717, 1.165) is 21.5 Å². The van der Waals surface area contributed by atoms with Crippen LogP contribution in [-0.2, 0) is 0 Å². The second kappa shape index (κ2) is 9.62. The van der Waals surface area contributed by atoms with E-state index in [1.807, 2.05) is 86.6 Å². The molecule has 160 valence electrons. The number of carbonyl (C=O) groups excluding carboxylic acids is 1. The first-order chi connectivity index (χ1) is 15.5. The van der Waals surface area contributed by atoms with E-state index in [-0.39, 0.29) is 5.91 Å². The minimum atomic E-state index is -0.170. The summed E-state index contributed by atoms with van der Waals surface area (Å²) < 4.78 is 0.755. The van der Waals surface area contributed by atoms with Gasteiger partial charge in [0.05, 0.1) is 5.56 Å². The quantitative estimate of drug-likeness (QED) is 0.285. The molecule has 4 rings (SSSR count). The van der Waals surface area contributed by atoms with Crippen LogP contribution in [0.2, 0.25) is 0 Å². The average Bonchev–Trinajstić information content (AvgIpc) is 2.76. The van der Waals surface area contributed by atoms with Gasteiger partial charge in [0.1, 0.15) is 5.82 Å². The number of anilines is 5. The highest BCUT2D eigenvalue weighted by molar-refractivity contribution is 9.10. The number of amides is 1. The van der Waals surface area contributed by atoms with E-state index >= 15 is 0 Å². The van der Waals surface area contributed by atoms with Gasteiger partial charge in [-0.2, -0.15) is 4.98 Å². The molecule has 1 heterocycles. The van der Waals surface area contributed by atoms with Crippen molar-refractivity contribution >= 4 is 50.7 Å². The Morgan fingerprint density at radius 2 is 1.41 bits per heavy atom. The van der Waals surface area contributed by atoms with Crippen LogP contribution in [0, 0.1) is 13.8 Å². The van der Waals surface area contributed by atoms with Crippen molar-refractivity contribution < 1.29 is 4.79 Å². The Bertz CT molecular complexity index is 1240. The second-order valence-electron chi connectivity index (χ2n) is 7.35. The number of hydrogen-bond donors (Lipinski definition) is 3. The molecule has 0 atom stereocenters. The Morgan fingerprint density at radius 3 is 2.12 bits per heavy atom. The topological polar surface area (TPSA) is 78.9 Å². The van der Waals surface area contributed by atoms with Crippen LogP contribution in [0.5, 0.6) is 0 Å². The van der Waals surface area contributed by atoms with Crippen LogP contribution in [0.25, 0.3) is 0 Å². The van der Waals surface area contributed by atoms with E-state index in [9.17, 15) is 4.79 Å². The third kappa shape index (κ3) is 5.50. The van der Waals surface area contributed by atoms with E-state index in [0.29, 0.717) is 23.0 Å². The Morgan fingerprint density at radius 1 is 0.781 bits per heavy atom. The summed E-state index contributed by atoms with van der Waals surface area (Å²) in [6, 6.07) is 24.7. The Kier molecular flexibility index (Phi) is 6.47. The fourth-order valence-corrected chi connectivity index (χ4v) is 3.55. The van der Waals surface area contributed by atoms with Gasteiger partial charge in [-0.25, -0.2) is 4.98 Å². The van der Waals surface area contributed by atoms with Gasteiger partial charge in [0.25, 0.3) is 5.91 Å². The maximum atomic E-state index is 12.5. The van der Waals surface area contributed by atoms with E-state index in [1.54, 1.807) is 6.07 Å². The van der Waals surface area contributed by atoms with Crippen LogP contribution in [0.3, 0.4) is 0 Å². The first kappa shape index (κ1) is 21.5. The third-order valence-electron chi connectivity index (χ3n) is 4.70. The minimum Gasteiger partial charge on any atom is -0.340 e. The molecule has 0 spiro atoms. The average molecular weight is 488 g/mol. The van der Waals surface area contributed by atoms with Crippen molar-refractivity contribution in [3.63, 3.8) is 0 Å². The van der Waals surface area contributed by atoms with Gasteiger partial charge in [-0.3, -0.25) is 4.79 Å². The lowest BCUT2D eigenvalue weighted by atomic mass is 10.2. The highest BCUT2D eigenvalue weighted by Gasteiger charge is 2.09. The number of nitrogens with zero attached hydrogens (tertiary/aromatic N) is 2. The predicted octanol–water partition coefficient (Wildman–Crippen LogP) is 6.60. The third-order valence-corrected chi connectivity index (χ3v) is 5.39. The molecule has 0 aliphatic heterocycles. The number of halogens is 1. The smallest absolute Gasteiger partial charge is 0.256 e. The number of rotatable bonds is 6. The summed E-state index contributed by atoms with van der Waals surface area (Å²) in [6.07, 6.45) is 0. The first-order valence-corrected chi connectivity index (χ1v) is 10.9. The maximum absolute atomic E-state index is 12.5. The van der Waals surface area contributed by atoms with E-state index in [1.165, 1.54) is 5.56 Å². The molecule has 0 unspecified atom stereocenters. The standard InChI is InChI=1S/C25H22BrN5O/c1-16-7-9-20(10-8-16)30-25-27-17(2)15-23(31-25)28-18-11-13-19(14-12-18)29-24(32)21-5-3-4-6-22(21)26/h3-15H,1-2H3,(H,29,32)(H2,27,28,30,31). The summed E-state index contributed by atoms with van der Waals surface area (Å²) >= 11 is 3.41. The molecule has 3 aromatic carbocycles. The SMILES string of the molecule is Cc1ccc(Nc2nc(C)cc(Nc3ccc(NC(=O)c4ccccc4Br)cc3)n2)cc1. The van der Waals surface area contributed by atoms with Crippen LogP contribution in [-0.4, -0.2) is 15.9 Å². The fraction of sp³-hybridized carbons (Fsp3) is 0.0800. The number of nitrogens with one attached hydrogen (secondary N) is 3. The maximum Gasteiger partial charge on any atom is 0.256 e. The normalized spacial score (nSPS) is 10.5. The van der Waals surface area contributed by atoms with Crippen LogP contribution >= 0.6 is 15.9 Å². The highest BCUT2D eigenvalue weighted by Crippen LogP contribution is 2.22. The van der Waals surface area contributed by atoms with Crippen LogP contribution in [0.15, 0.2) is 83.3 Å². The fourth-order valence-electron chi connectivity index (χ4n) is 3.08. The summed E-state index contributed by atoms with van der Waals surface area (Å²) in [5.74, 6) is 1.03. The summed E-state index contributed by atoms with van der Waals surface area (Å²) in [6.45, 7) is 3.97. The number of carbonyl (C=O) groups is 1. The lowest BCUT2D eigenvalue weighted by Gasteiger charge is -2.11. The molecule has 6 nitrogen and oxygen atoms in total. The van der Waals surface area contributed by atoms with Crippen molar-refractivity contribution in [3.05, 3.63) is 100 Å². The van der Waals surface area contributed by atoms with Gasteiger partial charge in [-0.15, -0.1) is 0 Å². The van der Waals surface area contributed by atoms with E-state index in [4.69, 9.17) is 0 Å². The van der Waals surface area contributed by atoms with E-state index in [2.05, 4.69) is 41.8 Å². The molecular weight excluding hydrogens is 466 g/mol. The second-order valence-corrected chi connectivity index (χ2v) is 8.20. The number of benzene rings is 3. The molecule has 0 radical (unpaired) electrons. The van der Waals surface area contributed by atoms with Crippen molar-refractivity contribution in [2.24, 2.45) is 0 Å². The highest BCUT2D eigenvalue weighted by atomic mass is 79.9. The Labute approximate surface area is 195 Å². The monoisotopic (exact) mass is 487 g/mol. The van der Waals surface area contributed by atoms with Crippen molar-refractivity contribution in [1.29, 1.82) is 0 Å². The van der Waals surface area contributed by atoms with Crippen LogP contribution in [0.1, 0.15) is 21.6 Å². The summed E-state index contributed by atoms with van der Waals surface area (Å²) in [7, 11) is 0. The van der Waals surface area contributed by atoms with Crippen molar-refractivity contribution in [3.8, 4) is 0 Å². The number of hydrogen-bond acceptors (Lipinski definition) is 5. The molecule has 0 aliphatic rings. The molecule has 4 aromatic rings. The molecule has 0 bridgehead atoms. The van der Waals surface area contributed by atoms with Crippen molar-refractivity contribution in [2.45, 2.75) is 13.8 Å². The zero-order valence-corrected chi connectivity index (χ0v) is 19.3. The molecule has 0 saturated carbocycles. The van der Waals surface area contributed by atoms with Crippen LogP contribution in [0.4, 0.5) is 28.8 Å². The largest absolute Gasteiger partial charge is 0.340 e. The molecular formula is C25H22BrN5O. The minimum absolute atomic E-state index is 0.170. The Hall–Kier alpha value is -3.71. The molecule has 7 heteroatoms. The van der Waals surface area contributed by atoms with Gasteiger partial charge in [0.15, 0.2) is 0 Å². The zero-order chi connectivity index (χ0) is 22.5. The van der Waals surface area contributed by atoms with Gasteiger partial charge in [-0.1, -0.05) is 29.8 Å². The molecule has 0 fully saturated rings. The number of aryl methyl sites for hydroxylation is 2. The summed E-state index contributed by atoms with van der Waals surface area (Å²) in [5.41, 5.74) is 5.10. The van der Waals surface area contributed by atoms with Gasteiger partial charge in [-0.05, 0) is 78.3 Å². The lowest BCUT2D eigenvalue weighted by molar-refractivity contribution is 0.102. The molecule has 32 heavy (non-hydrogen) atoms. The molecule has 3 N–H and O–H groups in total. The first-order valence-electron chi connectivity index (χ1n) is 10.1. The molecule has 1 amide bonds. The zero-order valence-electron chi connectivity index (χ0n) is 17.7. The molecule has 0 aliphatic carbocycles. The summed E-state index contributed by atoms with van der Waals surface area (Å²) in [5, 5.41) is 9.43. The van der Waals surface area contributed by atoms with Crippen molar-refractivity contribution in [2.75, 3.05) is 16.0 Å². The van der Waals surface area contributed by atoms with Gasteiger partial charge in [0.2, 0.25) is 5.95 Å². The van der Waals surface area contributed by atoms with Gasteiger partial charge >= 0.3 is 0 Å². The van der Waals surface area contributed by atoms with E-state index < -0.39 is 0 Å². The van der Waals surface area contributed by atoms with Gasteiger partial charge < -0.3 is 16.0 Å². The molecule has 1 aromatic heterocycles. The predicted molar refractivity (Wildman–Crippen MR) is 133 cm³/mol. The van der Waals surface area contributed by atoms with Crippen molar-refractivity contribution in [1.82, 2.24) is 9.97 Å². The molecule has 0 saturated heterocycles. The Balaban J connectivity index is 1.44.